The van der Waals surface area contributed by atoms with Gasteiger partial charge in [-0.25, -0.2) is 14.8 Å². The van der Waals surface area contributed by atoms with Gasteiger partial charge >= 0.3 is 12.1 Å². The van der Waals surface area contributed by atoms with Gasteiger partial charge in [0.15, 0.2) is 5.65 Å². The third kappa shape index (κ3) is 4.99. The van der Waals surface area contributed by atoms with Gasteiger partial charge in [0.2, 0.25) is 0 Å². The van der Waals surface area contributed by atoms with Crippen LogP contribution >= 0.6 is 0 Å². The average Bonchev–Trinajstić information content (AvgIpc) is 3.15. The van der Waals surface area contributed by atoms with E-state index >= 15 is 0 Å². The molecule has 4 aromatic rings. The number of carboxylic acid groups (broad SMARTS) is 1. The topological polar surface area (TPSA) is 77.2 Å². The lowest BCUT2D eigenvalue weighted by molar-refractivity contribution is -0.139. The number of carboxylic acids is 1. The number of nitrogens with zero attached hydrogens (tertiary/aromatic N) is 3. The molecule has 6 nitrogen and oxygen atoms in total. The average molecular weight is 483 g/mol. The predicted octanol–water partition coefficient (Wildman–Crippen LogP) is 5.95. The van der Waals surface area contributed by atoms with E-state index in [0.29, 0.717) is 12.3 Å². The fourth-order valence-corrected chi connectivity index (χ4v) is 4.15. The predicted molar refractivity (Wildman–Crippen MR) is 125 cm³/mol. The van der Waals surface area contributed by atoms with Crippen molar-refractivity contribution < 1.29 is 27.8 Å². The number of alkyl halides is 3. The number of benzene rings is 2. The van der Waals surface area contributed by atoms with Gasteiger partial charge in [0.25, 0.3) is 0 Å². The second-order valence-corrected chi connectivity index (χ2v) is 8.30. The maximum Gasteiger partial charge on any atom is 0.417 e. The molecule has 4 rings (SSSR count). The number of imidazole rings is 1. The molecular formula is C26H24F3N3O3. The molecule has 0 saturated carbocycles. The lowest BCUT2D eigenvalue weighted by Crippen LogP contribution is -2.17. The lowest BCUT2D eigenvalue weighted by Gasteiger charge is -2.16. The Morgan fingerprint density at radius 1 is 1.09 bits per heavy atom. The number of carbonyl (C=O) groups is 1. The third-order valence-electron chi connectivity index (χ3n) is 5.74. The van der Waals surface area contributed by atoms with E-state index in [1.54, 1.807) is 12.1 Å². The number of fused-ring (bicyclic) bond motifs is 1. The monoisotopic (exact) mass is 483 g/mol. The van der Waals surface area contributed by atoms with Crippen molar-refractivity contribution in [2.75, 3.05) is 0 Å². The van der Waals surface area contributed by atoms with Crippen molar-refractivity contribution in [1.82, 2.24) is 14.5 Å². The van der Waals surface area contributed by atoms with Crippen molar-refractivity contribution in [1.29, 1.82) is 0 Å². The standard InChI is InChI=1S/C26H24F3N3O3/c1-4-21-31-23-15(2)12-16(3)30-24(23)32(21)13-17-8-10-19(11-9-17)35-14-18-6-5-7-20(25(33)34)22(18)26(27,28)29/h5-12H,4,13-14H2,1-3H3,(H,33,34). The molecule has 0 saturated heterocycles. The molecule has 0 radical (unpaired) electrons. The third-order valence-corrected chi connectivity index (χ3v) is 5.74. The maximum absolute atomic E-state index is 13.5. The van der Waals surface area contributed by atoms with Gasteiger partial charge in [0, 0.05) is 17.7 Å². The van der Waals surface area contributed by atoms with Crippen molar-refractivity contribution in [3.05, 3.63) is 87.9 Å². The van der Waals surface area contributed by atoms with Gasteiger partial charge < -0.3 is 14.4 Å². The Morgan fingerprint density at radius 2 is 1.80 bits per heavy atom. The van der Waals surface area contributed by atoms with Crippen LogP contribution in [-0.2, 0) is 25.7 Å². The summed E-state index contributed by atoms with van der Waals surface area (Å²) in [4.78, 5) is 20.7. The quantitative estimate of drug-likeness (QED) is 0.351. The molecule has 0 fully saturated rings. The van der Waals surface area contributed by atoms with Gasteiger partial charge in [-0.3, -0.25) is 0 Å². The Morgan fingerprint density at radius 3 is 2.43 bits per heavy atom. The molecule has 182 valence electrons. The van der Waals surface area contributed by atoms with Crippen LogP contribution in [0.1, 0.15) is 51.1 Å². The Balaban J connectivity index is 1.55. The van der Waals surface area contributed by atoms with Gasteiger partial charge in [-0.05, 0) is 49.2 Å². The molecule has 0 aliphatic heterocycles. The van der Waals surface area contributed by atoms with E-state index in [1.165, 1.54) is 12.1 Å². The Bertz CT molecular complexity index is 1390. The highest BCUT2D eigenvalue weighted by atomic mass is 19.4. The van der Waals surface area contributed by atoms with Crippen LogP contribution < -0.4 is 4.74 Å². The first-order chi connectivity index (χ1) is 16.6. The highest BCUT2D eigenvalue weighted by Crippen LogP contribution is 2.35. The van der Waals surface area contributed by atoms with Crippen LogP contribution in [0.5, 0.6) is 5.75 Å². The first-order valence-corrected chi connectivity index (χ1v) is 11.1. The first-order valence-electron chi connectivity index (χ1n) is 11.1. The molecule has 0 bridgehead atoms. The van der Waals surface area contributed by atoms with Gasteiger partial charge in [0.1, 0.15) is 23.7 Å². The molecule has 0 unspecified atom stereocenters. The minimum absolute atomic E-state index is 0.240. The number of rotatable bonds is 7. The van der Waals surface area contributed by atoms with Crippen LogP contribution in [0.3, 0.4) is 0 Å². The van der Waals surface area contributed by atoms with Crippen LogP contribution in [0.15, 0.2) is 48.5 Å². The molecule has 2 heterocycles. The second-order valence-electron chi connectivity index (χ2n) is 8.30. The summed E-state index contributed by atoms with van der Waals surface area (Å²) in [5.74, 6) is -0.347. The summed E-state index contributed by atoms with van der Waals surface area (Å²) in [6.07, 6.45) is -4.07. The number of aromatic nitrogens is 3. The molecule has 2 aromatic carbocycles. The van der Waals surface area contributed by atoms with E-state index in [1.807, 2.05) is 39.0 Å². The van der Waals surface area contributed by atoms with Crippen LogP contribution in [0.4, 0.5) is 13.2 Å². The zero-order valence-corrected chi connectivity index (χ0v) is 19.5. The number of hydrogen-bond acceptors (Lipinski definition) is 4. The SMILES string of the molecule is CCc1nc2c(C)cc(C)nc2n1Cc1ccc(OCc2cccc(C(=O)O)c2C(F)(F)F)cc1. The molecule has 2 aromatic heterocycles. The Labute approximate surface area is 200 Å². The van der Waals surface area contributed by atoms with Crippen LogP contribution in [-0.4, -0.2) is 25.6 Å². The number of aryl methyl sites for hydroxylation is 3. The zero-order chi connectivity index (χ0) is 25.3. The summed E-state index contributed by atoms with van der Waals surface area (Å²) in [6.45, 7) is 6.11. The molecule has 35 heavy (non-hydrogen) atoms. The summed E-state index contributed by atoms with van der Waals surface area (Å²) in [7, 11) is 0. The Kier molecular flexibility index (Phi) is 6.51. The lowest BCUT2D eigenvalue weighted by atomic mass is 10.0. The molecular weight excluding hydrogens is 459 g/mol. The second kappa shape index (κ2) is 9.40. The van der Waals surface area contributed by atoms with Crippen molar-refractivity contribution in [2.45, 2.75) is 46.5 Å². The van der Waals surface area contributed by atoms with Gasteiger partial charge in [-0.15, -0.1) is 0 Å². The van der Waals surface area contributed by atoms with E-state index in [0.717, 1.165) is 46.3 Å². The minimum atomic E-state index is -4.81. The molecule has 0 atom stereocenters. The summed E-state index contributed by atoms with van der Waals surface area (Å²) in [5, 5.41) is 9.16. The summed E-state index contributed by atoms with van der Waals surface area (Å²) in [6, 6.07) is 12.5. The number of halogens is 3. The zero-order valence-electron chi connectivity index (χ0n) is 19.5. The van der Waals surface area contributed by atoms with E-state index in [9.17, 15) is 18.0 Å². The van der Waals surface area contributed by atoms with Crippen molar-refractivity contribution in [3.63, 3.8) is 0 Å². The van der Waals surface area contributed by atoms with E-state index in [-0.39, 0.29) is 5.56 Å². The van der Waals surface area contributed by atoms with Gasteiger partial charge in [-0.1, -0.05) is 31.2 Å². The Hall–Kier alpha value is -3.88. The largest absolute Gasteiger partial charge is 0.489 e. The number of pyridine rings is 1. The van der Waals surface area contributed by atoms with Crippen LogP contribution in [0, 0.1) is 13.8 Å². The molecule has 1 N–H and O–H groups in total. The normalized spacial score (nSPS) is 11.7. The molecule has 9 heteroatoms. The smallest absolute Gasteiger partial charge is 0.417 e. The fraction of sp³-hybridized carbons (Fsp3) is 0.269. The number of aromatic carboxylic acids is 1. The fourth-order valence-electron chi connectivity index (χ4n) is 4.15. The highest BCUT2D eigenvalue weighted by Gasteiger charge is 2.38. The number of ether oxygens (including phenoxy) is 1. The van der Waals surface area contributed by atoms with E-state index < -0.39 is 29.9 Å². The summed E-state index contributed by atoms with van der Waals surface area (Å²) in [5.41, 5.74) is 2.39. The number of hydrogen-bond donors (Lipinski definition) is 1. The first kappa shape index (κ1) is 24.3. The summed E-state index contributed by atoms with van der Waals surface area (Å²) < 4.78 is 48.2. The van der Waals surface area contributed by atoms with Crippen LogP contribution in [0.25, 0.3) is 11.2 Å². The van der Waals surface area contributed by atoms with E-state index in [2.05, 4.69) is 9.55 Å². The van der Waals surface area contributed by atoms with Crippen molar-refractivity contribution in [2.24, 2.45) is 0 Å². The summed E-state index contributed by atoms with van der Waals surface area (Å²) >= 11 is 0. The van der Waals surface area contributed by atoms with Crippen molar-refractivity contribution >= 4 is 17.1 Å². The molecule has 0 aliphatic rings. The van der Waals surface area contributed by atoms with Crippen LogP contribution in [0.2, 0.25) is 0 Å². The highest BCUT2D eigenvalue weighted by molar-refractivity contribution is 5.90. The molecule has 0 aliphatic carbocycles. The van der Waals surface area contributed by atoms with Gasteiger partial charge in [0.05, 0.1) is 17.7 Å². The maximum atomic E-state index is 13.5. The van der Waals surface area contributed by atoms with E-state index in [4.69, 9.17) is 14.8 Å². The minimum Gasteiger partial charge on any atom is -0.489 e. The molecule has 0 spiro atoms. The van der Waals surface area contributed by atoms with Crippen molar-refractivity contribution in [3.8, 4) is 5.75 Å². The molecule has 0 amide bonds. The van der Waals surface area contributed by atoms with Gasteiger partial charge in [-0.2, -0.15) is 13.2 Å².